The number of hydrogen-bond acceptors (Lipinski definition) is 3. The van der Waals surface area contributed by atoms with Gasteiger partial charge in [0.2, 0.25) is 5.91 Å². The summed E-state index contributed by atoms with van der Waals surface area (Å²) in [5.41, 5.74) is 0. The molecule has 0 heterocycles. The quantitative estimate of drug-likeness (QED) is 0.819. The molecule has 2 fully saturated rings. The van der Waals surface area contributed by atoms with Crippen LogP contribution in [0.4, 0.5) is 0 Å². The van der Waals surface area contributed by atoms with Gasteiger partial charge in [-0.15, -0.1) is 0 Å². The molecule has 0 aromatic heterocycles. The van der Waals surface area contributed by atoms with E-state index in [1.165, 1.54) is 44.9 Å². The molecule has 2 saturated carbocycles. The molecule has 0 aromatic rings. The van der Waals surface area contributed by atoms with Crippen LogP contribution in [0.3, 0.4) is 0 Å². The van der Waals surface area contributed by atoms with Crippen molar-refractivity contribution < 1.29 is 4.79 Å². The molecule has 2 N–H and O–H groups in total. The summed E-state index contributed by atoms with van der Waals surface area (Å²) in [7, 11) is 0. The van der Waals surface area contributed by atoms with Gasteiger partial charge in [-0.05, 0) is 38.9 Å². The molecule has 2 rings (SSSR count). The summed E-state index contributed by atoms with van der Waals surface area (Å²) in [5, 5.41) is 7.48. The Morgan fingerprint density at radius 1 is 1.05 bits per heavy atom. The topological polar surface area (TPSA) is 41.1 Å². The summed E-state index contributed by atoms with van der Waals surface area (Å²) >= 11 is 1.95. The van der Waals surface area contributed by atoms with Gasteiger partial charge in [-0.25, -0.2) is 0 Å². The molecule has 0 aliphatic heterocycles. The third kappa shape index (κ3) is 4.66. The van der Waals surface area contributed by atoms with E-state index in [-0.39, 0.29) is 11.9 Å². The number of rotatable bonds is 5. The fraction of sp³-hybridized carbons (Fsp3) is 0.938. The van der Waals surface area contributed by atoms with Crippen LogP contribution in [-0.4, -0.2) is 35.5 Å². The molecule has 0 radical (unpaired) electrons. The number of carbonyl (C=O) groups is 1. The van der Waals surface area contributed by atoms with Crippen LogP contribution in [0.25, 0.3) is 0 Å². The van der Waals surface area contributed by atoms with Gasteiger partial charge >= 0.3 is 0 Å². The predicted molar refractivity (Wildman–Crippen MR) is 87.2 cm³/mol. The fourth-order valence-electron chi connectivity index (χ4n) is 3.54. The van der Waals surface area contributed by atoms with Crippen LogP contribution in [0, 0.1) is 0 Å². The molecule has 20 heavy (non-hydrogen) atoms. The molecular weight excluding hydrogens is 268 g/mol. The summed E-state index contributed by atoms with van der Waals surface area (Å²) in [6.07, 6.45) is 13.5. The molecule has 1 amide bonds. The Balaban J connectivity index is 1.77. The van der Waals surface area contributed by atoms with E-state index < -0.39 is 0 Å². The average Bonchev–Trinajstić information content (AvgIpc) is 2.48. The van der Waals surface area contributed by atoms with Crippen molar-refractivity contribution in [2.45, 2.75) is 88.1 Å². The van der Waals surface area contributed by atoms with Crippen LogP contribution in [-0.2, 0) is 4.79 Å². The zero-order chi connectivity index (χ0) is 14.4. The highest BCUT2D eigenvalue weighted by molar-refractivity contribution is 7.99. The highest BCUT2D eigenvalue weighted by Crippen LogP contribution is 2.27. The van der Waals surface area contributed by atoms with Gasteiger partial charge in [-0.1, -0.05) is 32.1 Å². The van der Waals surface area contributed by atoms with Crippen LogP contribution >= 0.6 is 11.8 Å². The summed E-state index contributed by atoms with van der Waals surface area (Å²) in [4.78, 5) is 12.3. The highest BCUT2D eigenvalue weighted by atomic mass is 32.2. The van der Waals surface area contributed by atoms with Crippen LogP contribution in [0.5, 0.6) is 0 Å². The number of carbonyl (C=O) groups excluding carboxylic acids is 1. The first-order chi connectivity index (χ1) is 9.70. The first-order valence-electron chi connectivity index (χ1n) is 8.30. The monoisotopic (exact) mass is 298 g/mol. The first-order valence-corrected chi connectivity index (χ1v) is 9.58. The van der Waals surface area contributed by atoms with Gasteiger partial charge in [0, 0.05) is 17.3 Å². The molecule has 116 valence electrons. The Labute approximate surface area is 128 Å². The average molecular weight is 298 g/mol. The minimum absolute atomic E-state index is 0.0605. The molecule has 0 aromatic carbocycles. The highest BCUT2D eigenvalue weighted by Gasteiger charge is 2.28. The molecule has 4 heteroatoms. The normalized spacial score (nSPS) is 29.9. The lowest BCUT2D eigenvalue weighted by molar-refractivity contribution is -0.123. The predicted octanol–water partition coefficient (Wildman–Crippen LogP) is 3.09. The lowest BCUT2D eigenvalue weighted by Gasteiger charge is -2.33. The number of amides is 1. The van der Waals surface area contributed by atoms with E-state index in [4.69, 9.17) is 0 Å². The molecule has 3 unspecified atom stereocenters. The minimum Gasteiger partial charge on any atom is -0.352 e. The Morgan fingerprint density at radius 2 is 1.70 bits per heavy atom. The largest absolute Gasteiger partial charge is 0.352 e. The van der Waals surface area contributed by atoms with Gasteiger partial charge in [0.05, 0.1) is 6.04 Å². The van der Waals surface area contributed by atoms with Crippen LogP contribution in [0.2, 0.25) is 0 Å². The number of hydrogen-bond donors (Lipinski definition) is 2. The van der Waals surface area contributed by atoms with Crippen molar-refractivity contribution in [3.05, 3.63) is 0 Å². The Kier molecular flexibility index (Phi) is 6.69. The Bertz CT molecular complexity index is 305. The molecule has 3 nitrogen and oxygen atoms in total. The van der Waals surface area contributed by atoms with E-state index in [0.29, 0.717) is 17.3 Å². The van der Waals surface area contributed by atoms with Crippen molar-refractivity contribution in [2.24, 2.45) is 0 Å². The maximum Gasteiger partial charge on any atom is 0.237 e. The minimum atomic E-state index is -0.0605. The summed E-state index contributed by atoms with van der Waals surface area (Å²) in [6.45, 7) is 2.02. The van der Waals surface area contributed by atoms with Crippen LogP contribution in [0.15, 0.2) is 0 Å². The van der Waals surface area contributed by atoms with Crippen molar-refractivity contribution >= 4 is 17.7 Å². The Hall–Kier alpha value is -0.220. The van der Waals surface area contributed by atoms with Gasteiger partial charge in [-0.2, -0.15) is 11.8 Å². The Morgan fingerprint density at radius 3 is 2.40 bits per heavy atom. The maximum absolute atomic E-state index is 12.3. The lowest BCUT2D eigenvalue weighted by Crippen LogP contribution is -2.52. The second-order valence-electron chi connectivity index (χ2n) is 6.40. The zero-order valence-corrected chi connectivity index (χ0v) is 13.8. The zero-order valence-electron chi connectivity index (χ0n) is 13.0. The van der Waals surface area contributed by atoms with E-state index in [1.807, 2.05) is 18.7 Å². The maximum atomic E-state index is 12.3. The van der Waals surface area contributed by atoms with Crippen LogP contribution in [0.1, 0.15) is 64.7 Å². The standard InChI is InChI=1S/C16H30N2OS/c1-12(16(19)18-13-8-4-3-5-9-13)17-14-10-6-7-11-15(14)20-2/h12-15,17H,3-11H2,1-2H3,(H,18,19). The van der Waals surface area contributed by atoms with Gasteiger partial charge < -0.3 is 10.6 Å². The van der Waals surface area contributed by atoms with Gasteiger partial charge in [0.15, 0.2) is 0 Å². The molecular formula is C16H30N2OS. The summed E-state index contributed by atoms with van der Waals surface area (Å²) in [5.74, 6) is 0.197. The van der Waals surface area contributed by atoms with Crippen molar-refractivity contribution in [3.8, 4) is 0 Å². The van der Waals surface area contributed by atoms with E-state index in [0.717, 1.165) is 12.8 Å². The van der Waals surface area contributed by atoms with Crippen molar-refractivity contribution in [1.82, 2.24) is 10.6 Å². The second-order valence-corrected chi connectivity index (χ2v) is 7.47. The fourth-order valence-corrected chi connectivity index (χ4v) is 4.49. The molecule has 3 atom stereocenters. The van der Waals surface area contributed by atoms with Gasteiger partial charge in [0.25, 0.3) is 0 Å². The number of nitrogens with one attached hydrogen (secondary N) is 2. The third-order valence-electron chi connectivity index (χ3n) is 4.81. The van der Waals surface area contributed by atoms with E-state index in [9.17, 15) is 4.79 Å². The molecule has 2 aliphatic carbocycles. The number of thioether (sulfide) groups is 1. The molecule has 2 aliphatic rings. The lowest BCUT2D eigenvalue weighted by atomic mass is 9.93. The third-order valence-corrected chi connectivity index (χ3v) is 5.98. The molecule has 0 saturated heterocycles. The summed E-state index contributed by atoms with van der Waals surface area (Å²) < 4.78 is 0. The van der Waals surface area contributed by atoms with Crippen molar-refractivity contribution in [3.63, 3.8) is 0 Å². The van der Waals surface area contributed by atoms with E-state index in [1.54, 1.807) is 0 Å². The second kappa shape index (κ2) is 8.28. The van der Waals surface area contributed by atoms with Crippen molar-refractivity contribution in [1.29, 1.82) is 0 Å². The van der Waals surface area contributed by atoms with E-state index in [2.05, 4.69) is 16.9 Å². The van der Waals surface area contributed by atoms with E-state index >= 15 is 0 Å². The molecule has 0 bridgehead atoms. The van der Waals surface area contributed by atoms with Crippen molar-refractivity contribution in [2.75, 3.05) is 6.26 Å². The first kappa shape index (κ1) is 16.2. The van der Waals surface area contributed by atoms with Gasteiger partial charge in [-0.3, -0.25) is 4.79 Å². The smallest absolute Gasteiger partial charge is 0.237 e. The van der Waals surface area contributed by atoms with Crippen LogP contribution < -0.4 is 10.6 Å². The molecule has 0 spiro atoms. The SMILES string of the molecule is CSC1CCCCC1NC(C)C(=O)NC1CCCCC1. The summed E-state index contributed by atoms with van der Waals surface area (Å²) in [6, 6.07) is 0.865. The van der Waals surface area contributed by atoms with Gasteiger partial charge in [0.1, 0.15) is 0 Å².